The van der Waals surface area contributed by atoms with Crippen molar-refractivity contribution in [1.82, 2.24) is 14.8 Å². The Labute approximate surface area is 211 Å². The van der Waals surface area contributed by atoms with E-state index in [1.165, 1.54) is 12.1 Å². The minimum absolute atomic E-state index is 0.00157. The summed E-state index contributed by atoms with van der Waals surface area (Å²) in [5, 5.41) is 1.13. The highest BCUT2D eigenvalue weighted by atomic mass is 19.1. The van der Waals surface area contributed by atoms with Gasteiger partial charge in [0.25, 0.3) is 0 Å². The Morgan fingerprint density at radius 3 is 2.28 bits per heavy atom. The number of aromatic amines is 1. The van der Waals surface area contributed by atoms with Crippen LogP contribution in [0.1, 0.15) is 30.5 Å². The molecule has 4 rings (SSSR count). The normalized spacial score (nSPS) is 11.1. The third-order valence-electron chi connectivity index (χ3n) is 6.41. The molecule has 0 bridgehead atoms. The van der Waals surface area contributed by atoms with Crippen molar-refractivity contribution in [2.45, 2.75) is 39.3 Å². The molecule has 0 fully saturated rings. The van der Waals surface area contributed by atoms with Crippen LogP contribution in [0.4, 0.5) is 4.39 Å². The molecular weight excluding hydrogens is 453 g/mol. The van der Waals surface area contributed by atoms with Crippen molar-refractivity contribution in [3.63, 3.8) is 0 Å². The fourth-order valence-corrected chi connectivity index (χ4v) is 4.37. The maximum atomic E-state index is 13.6. The van der Waals surface area contributed by atoms with E-state index in [-0.39, 0.29) is 36.6 Å². The Kier molecular flexibility index (Phi) is 8.16. The molecule has 0 saturated heterocycles. The zero-order chi connectivity index (χ0) is 25.5. The molecule has 0 aliphatic heterocycles. The number of aromatic nitrogens is 1. The highest BCUT2D eigenvalue weighted by Gasteiger charge is 2.24. The number of hydrogen-bond acceptors (Lipinski definition) is 2. The van der Waals surface area contributed by atoms with Gasteiger partial charge in [-0.25, -0.2) is 4.39 Å². The van der Waals surface area contributed by atoms with Crippen LogP contribution >= 0.6 is 0 Å². The Morgan fingerprint density at radius 1 is 0.861 bits per heavy atom. The Bertz CT molecular complexity index is 1300. The monoisotopic (exact) mass is 485 g/mol. The molecule has 0 aliphatic carbocycles. The molecular formula is C30H32FN3O2. The number of carbonyl (C=O) groups is 2. The van der Waals surface area contributed by atoms with Crippen molar-refractivity contribution in [1.29, 1.82) is 0 Å². The van der Waals surface area contributed by atoms with Crippen LogP contribution in [0.25, 0.3) is 10.9 Å². The van der Waals surface area contributed by atoms with Crippen LogP contribution in [0.2, 0.25) is 0 Å². The van der Waals surface area contributed by atoms with Gasteiger partial charge < -0.3 is 14.8 Å². The van der Waals surface area contributed by atoms with Crippen molar-refractivity contribution >= 4 is 22.7 Å². The zero-order valence-electron chi connectivity index (χ0n) is 20.8. The van der Waals surface area contributed by atoms with Gasteiger partial charge in [-0.15, -0.1) is 0 Å². The van der Waals surface area contributed by atoms with E-state index in [0.717, 1.165) is 27.6 Å². The summed E-state index contributed by atoms with van der Waals surface area (Å²) in [4.78, 5) is 33.4. The van der Waals surface area contributed by atoms with Gasteiger partial charge >= 0.3 is 0 Å². The molecule has 5 nitrogen and oxygen atoms in total. The quantitative estimate of drug-likeness (QED) is 0.329. The number of halogens is 1. The molecule has 186 valence electrons. The molecule has 0 aliphatic rings. The second-order valence-corrected chi connectivity index (χ2v) is 9.33. The molecule has 2 amide bonds. The first-order chi connectivity index (χ1) is 17.4. The van der Waals surface area contributed by atoms with E-state index in [0.29, 0.717) is 19.5 Å². The molecule has 1 N–H and O–H groups in total. The topological polar surface area (TPSA) is 56.4 Å². The Balaban J connectivity index is 1.50. The average Bonchev–Trinajstić information content (AvgIpc) is 3.29. The van der Waals surface area contributed by atoms with Crippen LogP contribution < -0.4 is 0 Å². The third-order valence-corrected chi connectivity index (χ3v) is 6.41. The lowest BCUT2D eigenvalue weighted by Gasteiger charge is -2.30. The average molecular weight is 486 g/mol. The van der Waals surface area contributed by atoms with E-state index >= 15 is 0 Å². The van der Waals surface area contributed by atoms with Crippen LogP contribution in [0.15, 0.2) is 85.1 Å². The van der Waals surface area contributed by atoms with Crippen LogP contribution in [0.5, 0.6) is 0 Å². The number of H-pyrrole nitrogens is 1. The molecule has 6 heteroatoms. The minimum atomic E-state index is -0.312. The number of carbonyl (C=O) groups excluding carboxylic acids is 2. The molecule has 0 unspecified atom stereocenters. The van der Waals surface area contributed by atoms with Crippen molar-refractivity contribution in [3.05, 3.63) is 108 Å². The van der Waals surface area contributed by atoms with Crippen LogP contribution in [0, 0.1) is 5.82 Å². The summed E-state index contributed by atoms with van der Waals surface area (Å²) < 4.78 is 13.5. The lowest BCUT2D eigenvalue weighted by molar-refractivity contribution is -0.142. The Hall–Kier alpha value is -3.93. The second-order valence-electron chi connectivity index (χ2n) is 9.33. The molecule has 3 aromatic carbocycles. The number of hydrogen-bond donors (Lipinski definition) is 1. The zero-order valence-corrected chi connectivity index (χ0v) is 20.8. The van der Waals surface area contributed by atoms with Crippen molar-refractivity contribution in [2.24, 2.45) is 0 Å². The van der Waals surface area contributed by atoms with Crippen molar-refractivity contribution < 1.29 is 14.0 Å². The van der Waals surface area contributed by atoms with Crippen molar-refractivity contribution in [3.8, 4) is 0 Å². The summed E-state index contributed by atoms with van der Waals surface area (Å²) in [6, 6.07) is 23.7. The maximum absolute atomic E-state index is 13.6. The van der Waals surface area contributed by atoms with Gasteiger partial charge in [-0.2, -0.15) is 0 Å². The van der Waals surface area contributed by atoms with Gasteiger partial charge in [0.1, 0.15) is 5.82 Å². The molecule has 0 radical (unpaired) electrons. The van der Waals surface area contributed by atoms with Crippen LogP contribution in [-0.4, -0.2) is 45.7 Å². The smallest absolute Gasteiger partial charge is 0.242 e. The maximum Gasteiger partial charge on any atom is 0.242 e. The van der Waals surface area contributed by atoms with Crippen LogP contribution in [0.3, 0.4) is 0 Å². The summed E-state index contributed by atoms with van der Waals surface area (Å²) >= 11 is 0. The summed E-state index contributed by atoms with van der Waals surface area (Å²) in [6.45, 7) is 4.68. The van der Waals surface area contributed by atoms with E-state index in [1.54, 1.807) is 21.9 Å². The fourth-order valence-electron chi connectivity index (χ4n) is 4.37. The highest BCUT2D eigenvalue weighted by Crippen LogP contribution is 2.19. The second kappa shape index (κ2) is 11.7. The van der Waals surface area contributed by atoms with Gasteiger partial charge in [0, 0.05) is 36.2 Å². The van der Waals surface area contributed by atoms with E-state index in [2.05, 4.69) is 11.1 Å². The summed E-state index contributed by atoms with van der Waals surface area (Å²) in [6.07, 6.45) is 2.89. The molecule has 0 saturated carbocycles. The lowest BCUT2D eigenvalue weighted by Crippen LogP contribution is -2.46. The predicted octanol–water partition coefficient (Wildman–Crippen LogP) is 5.36. The van der Waals surface area contributed by atoms with Gasteiger partial charge in [0.15, 0.2) is 0 Å². The number of nitrogens with one attached hydrogen (secondary N) is 1. The van der Waals surface area contributed by atoms with Gasteiger partial charge in [-0.05, 0) is 55.2 Å². The van der Waals surface area contributed by atoms with E-state index < -0.39 is 0 Å². The highest BCUT2D eigenvalue weighted by molar-refractivity contribution is 5.86. The number of fused-ring (bicyclic) bond motifs is 1. The van der Waals surface area contributed by atoms with E-state index in [1.807, 2.05) is 68.6 Å². The number of benzene rings is 3. The first kappa shape index (κ1) is 25.2. The SMILES string of the molecule is CC(C)N(CC(=O)N(CCc1c[nH]c2ccccc12)Cc1ccc(F)cc1)C(=O)Cc1ccccc1. The molecule has 36 heavy (non-hydrogen) atoms. The summed E-state index contributed by atoms with van der Waals surface area (Å²) in [7, 11) is 0. The first-order valence-corrected chi connectivity index (χ1v) is 12.3. The van der Waals surface area contributed by atoms with Gasteiger partial charge in [0.05, 0.1) is 13.0 Å². The molecule has 1 aromatic heterocycles. The van der Waals surface area contributed by atoms with E-state index in [4.69, 9.17) is 0 Å². The first-order valence-electron chi connectivity index (χ1n) is 12.3. The largest absolute Gasteiger partial charge is 0.361 e. The lowest BCUT2D eigenvalue weighted by atomic mass is 10.1. The number of rotatable bonds is 10. The molecule has 0 atom stereocenters. The van der Waals surface area contributed by atoms with Gasteiger partial charge in [-0.1, -0.05) is 60.7 Å². The van der Waals surface area contributed by atoms with Gasteiger partial charge in [-0.3, -0.25) is 9.59 Å². The summed E-state index contributed by atoms with van der Waals surface area (Å²) in [5.74, 6) is -0.523. The number of para-hydroxylation sites is 1. The van der Waals surface area contributed by atoms with Gasteiger partial charge in [0.2, 0.25) is 11.8 Å². The standard InChI is InChI=1S/C30H32FN3O2/c1-22(2)34(29(35)18-23-8-4-3-5-9-23)21-30(36)33(20-24-12-14-26(31)15-13-24)17-16-25-19-32-28-11-7-6-10-27(25)28/h3-15,19,22,32H,16-18,20-21H2,1-2H3. The number of nitrogens with zero attached hydrogens (tertiary/aromatic N) is 2. The van der Waals surface area contributed by atoms with Crippen molar-refractivity contribution in [2.75, 3.05) is 13.1 Å². The third kappa shape index (κ3) is 6.39. The predicted molar refractivity (Wildman–Crippen MR) is 141 cm³/mol. The Morgan fingerprint density at radius 2 is 1.56 bits per heavy atom. The number of amides is 2. The van der Waals surface area contributed by atoms with E-state index in [9.17, 15) is 14.0 Å². The summed E-state index contributed by atoms with van der Waals surface area (Å²) in [5.41, 5.74) is 3.95. The molecule has 1 heterocycles. The molecule has 0 spiro atoms. The minimum Gasteiger partial charge on any atom is -0.361 e. The van der Waals surface area contributed by atoms with Crippen LogP contribution in [-0.2, 0) is 29.0 Å². The fraction of sp³-hybridized carbons (Fsp3) is 0.267. The molecule has 4 aromatic rings.